The molecule has 0 nitrogen and oxygen atoms in total. The maximum absolute atomic E-state index is 4.08. The van der Waals surface area contributed by atoms with Gasteiger partial charge < -0.3 is 13.5 Å². The van der Waals surface area contributed by atoms with Crippen LogP contribution in [0.4, 0.5) is 0 Å². The third kappa shape index (κ3) is 22.0. The van der Waals surface area contributed by atoms with E-state index in [0.29, 0.717) is 0 Å². The fraction of sp³-hybridized carbons (Fsp3) is 0. The van der Waals surface area contributed by atoms with Crippen LogP contribution in [0.1, 0.15) is 0 Å². The molecule has 0 aromatic heterocycles. The monoisotopic (exact) mass is 152 g/mol. The van der Waals surface area contributed by atoms with Gasteiger partial charge in [0.15, 0.2) is 0 Å². The summed E-state index contributed by atoms with van der Waals surface area (Å²) in [4.78, 5) is 0. The van der Waals surface area contributed by atoms with Crippen LogP contribution in [0.25, 0.3) is 0 Å². The predicted molar refractivity (Wildman–Crippen MR) is 20.7 cm³/mol. The van der Waals surface area contributed by atoms with Crippen LogP contribution in [0, 0.1) is 0 Å². The van der Waals surface area contributed by atoms with Crippen LogP contribution in [0.15, 0.2) is 0 Å². The van der Waals surface area contributed by atoms with Crippen LogP contribution in [0.2, 0.25) is 0 Å². The Morgan fingerprint density at radius 1 is 1.00 bits per heavy atom. The molecular formula is GeLi2S2. The molecule has 0 amide bonds. The van der Waals surface area contributed by atoms with E-state index >= 15 is 0 Å². The quantitative estimate of drug-likeness (QED) is 0.310. The van der Waals surface area contributed by atoms with Crippen LogP contribution in [0.5, 0.6) is 0 Å². The van der Waals surface area contributed by atoms with Crippen molar-refractivity contribution in [3.05, 3.63) is 0 Å². The molecule has 0 rings (SSSR count). The average Bonchev–Trinajstić information content (AvgIpc) is 1.00. The van der Waals surface area contributed by atoms with Crippen LogP contribution in [-0.4, -0.2) is 14.9 Å². The molecule has 0 saturated heterocycles. The molecule has 5 heteroatoms. The van der Waals surface area contributed by atoms with Gasteiger partial charge in [-0.2, -0.15) is 0 Å². The van der Waals surface area contributed by atoms with Crippen molar-refractivity contribution in [2.24, 2.45) is 0 Å². The summed E-state index contributed by atoms with van der Waals surface area (Å²) >= 11 is 1.58. The predicted octanol–water partition coefficient (Wildman–Crippen LogP) is -5.73. The normalized spacial score (nSPS) is 0.800. The molecule has 0 saturated carbocycles. The minimum absolute atomic E-state index is 0. The second kappa shape index (κ2) is 33.4. The van der Waals surface area contributed by atoms with Crippen molar-refractivity contribution in [1.29, 1.82) is 0 Å². The molecule has 0 heterocycles. The van der Waals surface area contributed by atoms with Gasteiger partial charge >= 0.3 is 63.0 Å². The first-order valence-electron chi connectivity index (χ1n) is 0.204. The van der Waals surface area contributed by atoms with E-state index in [-0.39, 0.29) is 51.2 Å². The molecule has 5 heavy (non-hydrogen) atoms. The van der Waals surface area contributed by atoms with Gasteiger partial charge in [0.05, 0.1) is 0 Å². The van der Waals surface area contributed by atoms with E-state index in [9.17, 15) is 0 Å². The first-order valence-corrected chi connectivity index (χ1v) is 3.18. The third-order valence-electron chi connectivity index (χ3n) is 0. The number of rotatable bonds is 0. The molecule has 0 aliphatic heterocycles. The summed E-state index contributed by atoms with van der Waals surface area (Å²) in [5, 5.41) is 0. The van der Waals surface area contributed by atoms with Gasteiger partial charge in [0.1, 0.15) is 0 Å². The average molecular weight is 151 g/mol. The zero-order valence-corrected chi connectivity index (χ0v) is 7.05. The first-order chi connectivity index (χ1) is 1.00. The Bertz CT molecular complexity index is 7.61. The molecule has 18 valence electrons. The Kier molecular flexibility index (Phi) is 177. The van der Waals surface area contributed by atoms with Crippen molar-refractivity contribution in [2.75, 3.05) is 0 Å². The summed E-state index contributed by atoms with van der Waals surface area (Å²) < 4.78 is 0. The summed E-state index contributed by atoms with van der Waals surface area (Å²) in [5.74, 6) is 0. The van der Waals surface area contributed by atoms with Crippen LogP contribution < -0.4 is 37.7 Å². The van der Waals surface area contributed by atoms with Gasteiger partial charge in [-0.1, -0.05) is 0 Å². The fourth-order valence-corrected chi connectivity index (χ4v) is 0. The molecule has 0 aliphatic carbocycles. The van der Waals surface area contributed by atoms with Gasteiger partial charge in [-0.15, -0.1) is 0 Å². The van der Waals surface area contributed by atoms with Gasteiger partial charge in [-0.3, -0.25) is 0 Å². The minimum atomic E-state index is 0. The van der Waals surface area contributed by atoms with Crippen LogP contribution >= 0.6 is 10.5 Å². The fourth-order valence-electron chi connectivity index (χ4n) is 0. The third-order valence-corrected chi connectivity index (χ3v) is 0. The molecule has 0 aliphatic rings. The molecule has 0 aromatic carbocycles. The van der Waals surface area contributed by atoms with Crippen molar-refractivity contribution in [2.45, 2.75) is 0 Å². The Labute approximate surface area is 75.7 Å². The topological polar surface area (TPSA) is 0 Å². The summed E-state index contributed by atoms with van der Waals surface area (Å²) in [7, 11) is 4.08. The Balaban J connectivity index is -0.00000000167. The van der Waals surface area contributed by atoms with Gasteiger partial charge in [0.25, 0.3) is 0 Å². The van der Waals surface area contributed by atoms with E-state index in [2.05, 4.69) is 10.5 Å². The van der Waals surface area contributed by atoms with E-state index in [4.69, 9.17) is 0 Å². The van der Waals surface area contributed by atoms with E-state index < -0.39 is 0 Å². The van der Waals surface area contributed by atoms with Crippen LogP contribution in [0.3, 0.4) is 0 Å². The molecule has 0 unspecified atom stereocenters. The van der Waals surface area contributed by atoms with Gasteiger partial charge in [0, 0.05) is 0 Å². The second-order valence-electron chi connectivity index (χ2n) is 0. The summed E-state index contributed by atoms with van der Waals surface area (Å²) in [6.45, 7) is 0. The van der Waals surface area contributed by atoms with Crippen molar-refractivity contribution in [3.63, 3.8) is 0 Å². The van der Waals surface area contributed by atoms with E-state index in [1.165, 1.54) is 0 Å². The molecule has 0 bridgehead atoms. The molecular weight excluding hydrogens is 151 g/mol. The van der Waals surface area contributed by atoms with Gasteiger partial charge in [0.2, 0.25) is 0 Å². The van der Waals surface area contributed by atoms with Crippen molar-refractivity contribution in [1.82, 2.24) is 0 Å². The molecule has 0 spiro atoms. The molecule has 0 aromatic rings. The van der Waals surface area contributed by atoms with Crippen molar-refractivity contribution < 1.29 is 37.7 Å². The standard InChI is InChI=1S/GeS.2Li.S/c1-2;;;/q;2*+1;-2. The first kappa shape index (κ1) is 26.6. The van der Waals surface area contributed by atoms with E-state index in [1.54, 1.807) is 14.9 Å². The summed E-state index contributed by atoms with van der Waals surface area (Å²) in [5.41, 5.74) is 0. The Hall–Kier alpha value is 2.31. The summed E-state index contributed by atoms with van der Waals surface area (Å²) in [6.07, 6.45) is 0. The zero-order chi connectivity index (χ0) is 2.00. The van der Waals surface area contributed by atoms with Crippen LogP contribution in [-0.2, 0) is 13.5 Å². The van der Waals surface area contributed by atoms with E-state index in [1.807, 2.05) is 0 Å². The van der Waals surface area contributed by atoms with Crippen molar-refractivity contribution >= 4 is 38.8 Å². The molecule has 0 fully saturated rings. The number of hydrogen-bond donors (Lipinski definition) is 0. The van der Waals surface area contributed by atoms with Crippen molar-refractivity contribution in [3.8, 4) is 0 Å². The summed E-state index contributed by atoms with van der Waals surface area (Å²) in [6, 6.07) is 0. The number of hydrogen-bond acceptors (Lipinski definition) is 1. The van der Waals surface area contributed by atoms with Gasteiger partial charge in [-0.05, 0) is 0 Å². The molecule has 2 radical (unpaired) electrons. The molecule has 0 N–H and O–H groups in total. The van der Waals surface area contributed by atoms with Gasteiger partial charge in [-0.25, -0.2) is 0 Å². The maximum atomic E-state index is 4.08. The SMILES string of the molecule is [Li+].[Li+].[S-2].[S]=[Ge]. The Morgan fingerprint density at radius 2 is 1.00 bits per heavy atom. The molecule has 0 atom stereocenters. The Morgan fingerprint density at radius 3 is 1.00 bits per heavy atom. The second-order valence-corrected chi connectivity index (χ2v) is 0. The van der Waals surface area contributed by atoms with E-state index in [0.717, 1.165) is 0 Å². The zero-order valence-electron chi connectivity index (χ0n) is 3.32.